The van der Waals surface area contributed by atoms with Crippen molar-refractivity contribution in [2.24, 2.45) is 5.41 Å². The van der Waals surface area contributed by atoms with Crippen molar-refractivity contribution in [2.45, 2.75) is 31.2 Å². The van der Waals surface area contributed by atoms with Gasteiger partial charge in [0.2, 0.25) is 0 Å². The van der Waals surface area contributed by atoms with Crippen molar-refractivity contribution in [3.8, 4) is 0 Å². The number of benzene rings is 1. The Kier molecular flexibility index (Phi) is 4.63. The molecule has 0 aromatic heterocycles. The van der Waals surface area contributed by atoms with Gasteiger partial charge >= 0.3 is 0 Å². The van der Waals surface area contributed by atoms with Crippen LogP contribution in [0.25, 0.3) is 0 Å². The Morgan fingerprint density at radius 2 is 2.00 bits per heavy atom. The third kappa shape index (κ3) is 3.65. The summed E-state index contributed by atoms with van der Waals surface area (Å²) in [7, 11) is 5.88. The molecule has 0 bridgehead atoms. The van der Waals surface area contributed by atoms with Crippen LogP contribution in [0.2, 0.25) is 0 Å². The number of hydrogen-bond acceptors (Lipinski definition) is 3. The molecular weight excluding hydrogens is 260 g/mol. The summed E-state index contributed by atoms with van der Waals surface area (Å²) in [6.07, 6.45) is 3.63. The Balaban J connectivity index is 1.52. The van der Waals surface area contributed by atoms with Gasteiger partial charge in [0.25, 0.3) is 0 Å². The summed E-state index contributed by atoms with van der Waals surface area (Å²) in [5.41, 5.74) is 1.77. The second-order valence-electron chi connectivity index (χ2n) is 6.79. The van der Waals surface area contributed by atoms with E-state index in [9.17, 15) is 0 Å². The van der Waals surface area contributed by atoms with Crippen LogP contribution < -0.4 is 5.32 Å². The highest BCUT2D eigenvalue weighted by Crippen LogP contribution is 2.41. The van der Waals surface area contributed by atoms with Gasteiger partial charge in [-0.3, -0.25) is 0 Å². The van der Waals surface area contributed by atoms with Crippen molar-refractivity contribution in [2.75, 3.05) is 33.4 Å². The average Bonchev–Trinajstić information content (AvgIpc) is 3.29. The fraction of sp³-hybridized carbons (Fsp3) is 0.611. The van der Waals surface area contributed by atoms with E-state index in [2.05, 4.69) is 47.6 Å². The van der Waals surface area contributed by atoms with Crippen LogP contribution in [0.4, 0.5) is 0 Å². The monoisotopic (exact) mass is 287 g/mol. The number of nitrogens with zero attached hydrogens (tertiary/aromatic N) is 1. The molecule has 1 N–H and O–H groups in total. The Morgan fingerprint density at radius 1 is 1.29 bits per heavy atom. The first-order valence-corrected chi connectivity index (χ1v) is 8.05. The van der Waals surface area contributed by atoms with E-state index in [1.807, 2.05) is 7.11 Å². The number of piperidine rings is 1. The molecule has 0 unspecified atom stereocenters. The highest BCUT2D eigenvalue weighted by atomic mass is 16.5. The Bertz CT molecular complexity index is 440. The maximum Gasteiger partial charge on any atom is 0.0531 e. The van der Waals surface area contributed by atoms with Crippen LogP contribution >= 0.6 is 0 Å². The van der Waals surface area contributed by atoms with Gasteiger partial charge in [-0.15, -0.1) is 0 Å². The van der Waals surface area contributed by atoms with Crippen LogP contribution in [0.1, 0.15) is 30.7 Å². The van der Waals surface area contributed by atoms with E-state index in [-0.39, 0.29) is 0 Å². The van der Waals surface area contributed by atoms with Crippen LogP contribution in [0.5, 0.6) is 0 Å². The average molecular weight is 287 g/mol. The number of likely N-dealkylation sites (tertiary alicyclic amines) is 1. The first-order valence-electron chi connectivity index (χ1n) is 8.05. The molecule has 0 amide bonds. The predicted octanol–water partition coefficient (Wildman–Crippen LogP) is 2.65. The molecule has 1 aliphatic heterocycles. The van der Waals surface area contributed by atoms with Crippen LogP contribution in [-0.2, 0) is 4.74 Å². The molecule has 2 fully saturated rings. The third-order valence-electron chi connectivity index (χ3n) is 5.12. The third-order valence-corrected chi connectivity index (χ3v) is 5.12. The van der Waals surface area contributed by atoms with Crippen molar-refractivity contribution < 1.29 is 4.74 Å². The first-order chi connectivity index (χ1) is 10.2. The zero-order valence-electron chi connectivity index (χ0n) is 13.1. The van der Waals surface area contributed by atoms with Crippen molar-refractivity contribution in [3.63, 3.8) is 0 Å². The van der Waals surface area contributed by atoms with Gasteiger partial charge in [0.1, 0.15) is 0 Å². The van der Waals surface area contributed by atoms with Crippen molar-refractivity contribution in [3.05, 3.63) is 42.9 Å². The van der Waals surface area contributed by atoms with Gasteiger partial charge in [-0.1, -0.05) is 30.3 Å². The molecule has 2 atom stereocenters. The van der Waals surface area contributed by atoms with Gasteiger partial charge in [-0.05, 0) is 37.9 Å². The number of ether oxygens (including phenoxy) is 1. The van der Waals surface area contributed by atoms with Crippen LogP contribution in [-0.4, -0.2) is 44.3 Å². The van der Waals surface area contributed by atoms with Gasteiger partial charge in [0.15, 0.2) is 0 Å². The molecule has 1 radical (unpaired) electrons. The number of hydrogen-bond donors (Lipinski definition) is 1. The van der Waals surface area contributed by atoms with E-state index >= 15 is 0 Å². The van der Waals surface area contributed by atoms with E-state index in [0.29, 0.717) is 17.4 Å². The summed E-state index contributed by atoms with van der Waals surface area (Å²) >= 11 is 0. The van der Waals surface area contributed by atoms with Crippen LogP contribution in [0.3, 0.4) is 0 Å². The van der Waals surface area contributed by atoms with Gasteiger partial charge < -0.3 is 15.0 Å². The van der Waals surface area contributed by atoms with Crippen molar-refractivity contribution in [1.82, 2.24) is 10.2 Å². The number of methoxy groups -OCH3 is 1. The highest BCUT2D eigenvalue weighted by Gasteiger charge is 2.41. The molecule has 2 aliphatic rings. The van der Waals surface area contributed by atoms with Crippen LogP contribution in [0.15, 0.2) is 30.3 Å². The summed E-state index contributed by atoms with van der Waals surface area (Å²) in [5, 5.41) is 3.80. The fourth-order valence-electron chi connectivity index (χ4n) is 3.54. The molecule has 1 aromatic rings. The molecule has 1 heterocycles. The van der Waals surface area contributed by atoms with Gasteiger partial charge in [-0.25, -0.2) is 0 Å². The zero-order valence-corrected chi connectivity index (χ0v) is 13.1. The molecule has 0 spiro atoms. The molecule has 1 saturated heterocycles. The summed E-state index contributed by atoms with van der Waals surface area (Å²) in [6.45, 7) is 4.09. The first kappa shape index (κ1) is 15.0. The normalized spacial score (nSPS) is 28.5. The lowest BCUT2D eigenvalue weighted by Gasteiger charge is -2.40. The molecule has 1 aromatic carbocycles. The van der Waals surface area contributed by atoms with Gasteiger partial charge in [0, 0.05) is 38.1 Å². The van der Waals surface area contributed by atoms with Gasteiger partial charge in [-0.2, -0.15) is 0 Å². The van der Waals surface area contributed by atoms with Crippen LogP contribution in [0, 0.1) is 12.5 Å². The lowest BCUT2D eigenvalue weighted by Crippen LogP contribution is -2.46. The molecule has 115 valence electrons. The minimum absolute atomic E-state index is 0.298. The van der Waals surface area contributed by atoms with E-state index in [1.165, 1.54) is 24.8 Å². The van der Waals surface area contributed by atoms with Gasteiger partial charge in [0.05, 0.1) is 6.61 Å². The zero-order chi connectivity index (χ0) is 14.7. The second kappa shape index (κ2) is 6.47. The summed E-state index contributed by atoms with van der Waals surface area (Å²) in [5.74, 6) is 0.707. The standard InChI is InChI=1S/C18H27N2O/c1-20-10-8-18(9-11-20,14-21-2)13-19-17-12-16(17)15-6-4-3-5-7-15/h3-7,16-17,19H,1,8-14H2,2H3/t16-,17+/m0/s1. The van der Waals surface area contributed by atoms with E-state index in [0.717, 1.165) is 26.2 Å². The summed E-state index contributed by atoms with van der Waals surface area (Å²) < 4.78 is 5.51. The second-order valence-corrected chi connectivity index (χ2v) is 6.79. The topological polar surface area (TPSA) is 24.5 Å². The SMILES string of the molecule is [CH2]N1CCC(CN[C@@H]2C[C@H]2c2ccccc2)(COC)CC1. The molecule has 3 rings (SSSR count). The summed E-state index contributed by atoms with van der Waals surface area (Å²) in [4.78, 5) is 2.18. The molecule has 3 heteroatoms. The lowest BCUT2D eigenvalue weighted by molar-refractivity contribution is 0.0317. The summed E-state index contributed by atoms with van der Waals surface area (Å²) in [6, 6.07) is 11.5. The maximum absolute atomic E-state index is 5.51. The van der Waals surface area contributed by atoms with E-state index in [1.54, 1.807) is 0 Å². The molecule has 1 saturated carbocycles. The quantitative estimate of drug-likeness (QED) is 0.870. The van der Waals surface area contributed by atoms with Crippen molar-refractivity contribution in [1.29, 1.82) is 0 Å². The number of nitrogens with one attached hydrogen (secondary N) is 1. The molecule has 3 nitrogen and oxygen atoms in total. The molecule has 21 heavy (non-hydrogen) atoms. The highest BCUT2D eigenvalue weighted by molar-refractivity contribution is 5.27. The number of rotatable bonds is 6. The fourth-order valence-corrected chi connectivity index (χ4v) is 3.54. The Hall–Kier alpha value is -0.900. The largest absolute Gasteiger partial charge is 0.384 e. The minimum Gasteiger partial charge on any atom is -0.384 e. The minimum atomic E-state index is 0.298. The predicted molar refractivity (Wildman–Crippen MR) is 86.1 cm³/mol. The Morgan fingerprint density at radius 3 is 2.67 bits per heavy atom. The maximum atomic E-state index is 5.51. The molecular formula is C18H27N2O. The van der Waals surface area contributed by atoms with E-state index in [4.69, 9.17) is 4.74 Å². The Labute approximate surface area is 128 Å². The van der Waals surface area contributed by atoms with E-state index < -0.39 is 0 Å². The molecule has 1 aliphatic carbocycles. The lowest BCUT2D eigenvalue weighted by atomic mass is 9.79. The van der Waals surface area contributed by atoms with Crippen molar-refractivity contribution >= 4 is 0 Å². The smallest absolute Gasteiger partial charge is 0.0531 e.